The Morgan fingerprint density at radius 1 is 1.32 bits per heavy atom. The summed E-state index contributed by atoms with van der Waals surface area (Å²) >= 11 is 0. The molecule has 2 aliphatic rings. The molecule has 19 heavy (non-hydrogen) atoms. The van der Waals surface area contributed by atoms with E-state index in [1.807, 2.05) is 18.2 Å². The molecule has 1 spiro atoms. The Labute approximate surface area is 115 Å². The Balaban J connectivity index is 1.95. The normalized spacial score (nSPS) is 31.9. The van der Waals surface area contributed by atoms with E-state index in [0.29, 0.717) is 5.41 Å². The van der Waals surface area contributed by atoms with Gasteiger partial charge < -0.3 is 15.2 Å². The summed E-state index contributed by atoms with van der Waals surface area (Å²) in [6.45, 7) is 4.63. The zero-order valence-electron chi connectivity index (χ0n) is 12.0. The molecule has 0 saturated heterocycles. The van der Waals surface area contributed by atoms with E-state index in [9.17, 15) is 0 Å². The predicted molar refractivity (Wildman–Crippen MR) is 75.5 cm³/mol. The summed E-state index contributed by atoms with van der Waals surface area (Å²) in [4.78, 5) is 0. The SMILES string of the molecule is COc1ccc2c(c1)OC1(CCC(C)(C)C1)C[C@H]2N. The van der Waals surface area contributed by atoms with Crippen molar-refractivity contribution in [3.8, 4) is 11.5 Å². The van der Waals surface area contributed by atoms with Crippen LogP contribution in [0.3, 0.4) is 0 Å². The third kappa shape index (κ3) is 2.20. The number of hydrogen-bond donors (Lipinski definition) is 1. The third-order valence-electron chi connectivity index (χ3n) is 4.60. The van der Waals surface area contributed by atoms with Crippen LogP contribution in [0.25, 0.3) is 0 Å². The Hall–Kier alpha value is -1.22. The molecule has 1 aromatic carbocycles. The minimum Gasteiger partial charge on any atom is -0.497 e. The lowest BCUT2D eigenvalue weighted by Crippen LogP contribution is -2.41. The van der Waals surface area contributed by atoms with E-state index >= 15 is 0 Å². The lowest BCUT2D eigenvalue weighted by atomic mass is 9.83. The number of nitrogens with two attached hydrogens (primary N) is 1. The zero-order chi connectivity index (χ0) is 13.7. The smallest absolute Gasteiger partial charge is 0.128 e. The summed E-state index contributed by atoms with van der Waals surface area (Å²) in [5, 5.41) is 0. The second kappa shape index (κ2) is 4.14. The van der Waals surface area contributed by atoms with Gasteiger partial charge in [0.15, 0.2) is 0 Å². The van der Waals surface area contributed by atoms with Crippen LogP contribution in [0.5, 0.6) is 11.5 Å². The standard InChI is InChI=1S/C16H23NO2/c1-15(2)6-7-16(10-15)9-13(17)12-5-4-11(18-3)8-14(12)19-16/h4-5,8,13H,6-7,9-10,17H2,1-3H3/t13-,16?/m1/s1. The first-order valence-corrected chi connectivity index (χ1v) is 7.06. The molecule has 1 heterocycles. The fraction of sp³-hybridized carbons (Fsp3) is 0.625. The number of ether oxygens (including phenoxy) is 2. The van der Waals surface area contributed by atoms with Crippen LogP contribution in [0.15, 0.2) is 18.2 Å². The molecule has 0 aromatic heterocycles. The number of hydrogen-bond acceptors (Lipinski definition) is 3. The lowest BCUT2D eigenvalue weighted by Gasteiger charge is -2.39. The molecule has 1 saturated carbocycles. The average molecular weight is 261 g/mol. The molecule has 1 aliphatic carbocycles. The number of benzene rings is 1. The van der Waals surface area contributed by atoms with Gasteiger partial charge in [0.1, 0.15) is 17.1 Å². The summed E-state index contributed by atoms with van der Waals surface area (Å²) in [7, 11) is 1.68. The maximum atomic E-state index is 6.37. The van der Waals surface area contributed by atoms with Crippen LogP contribution >= 0.6 is 0 Å². The van der Waals surface area contributed by atoms with Gasteiger partial charge in [-0.2, -0.15) is 0 Å². The first-order valence-electron chi connectivity index (χ1n) is 7.06. The van der Waals surface area contributed by atoms with E-state index in [1.165, 1.54) is 6.42 Å². The number of rotatable bonds is 1. The van der Waals surface area contributed by atoms with Gasteiger partial charge in [0, 0.05) is 24.1 Å². The molecule has 3 heteroatoms. The van der Waals surface area contributed by atoms with Gasteiger partial charge >= 0.3 is 0 Å². The van der Waals surface area contributed by atoms with Crippen LogP contribution in [0.4, 0.5) is 0 Å². The van der Waals surface area contributed by atoms with Crippen molar-refractivity contribution in [2.24, 2.45) is 11.1 Å². The van der Waals surface area contributed by atoms with Crippen molar-refractivity contribution in [1.82, 2.24) is 0 Å². The van der Waals surface area contributed by atoms with Gasteiger partial charge in [-0.3, -0.25) is 0 Å². The molecule has 0 amide bonds. The molecule has 0 radical (unpaired) electrons. The first kappa shape index (κ1) is 12.8. The van der Waals surface area contributed by atoms with Crippen molar-refractivity contribution in [2.75, 3.05) is 7.11 Å². The summed E-state index contributed by atoms with van der Waals surface area (Å²) in [5.74, 6) is 1.75. The molecular weight excluding hydrogens is 238 g/mol. The molecule has 1 fully saturated rings. The van der Waals surface area contributed by atoms with E-state index < -0.39 is 0 Å². The number of methoxy groups -OCH3 is 1. The molecule has 0 bridgehead atoms. The maximum absolute atomic E-state index is 6.37. The van der Waals surface area contributed by atoms with E-state index in [4.69, 9.17) is 15.2 Å². The van der Waals surface area contributed by atoms with Crippen molar-refractivity contribution < 1.29 is 9.47 Å². The zero-order valence-corrected chi connectivity index (χ0v) is 12.0. The summed E-state index contributed by atoms with van der Waals surface area (Å²) in [5.41, 5.74) is 7.76. The maximum Gasteiger partial charge on any atom is 0.128 e. The fourth-order valence-electron chi connectivity index (χ4n) is 3.70. The topological polar surface area (TPSA) is 44.5 Å². The van der Waals surface area contributed by atoms with Gasteiger partial charge in [-0.25, -0.2) is 0 Å². The van der Waals surface area contributed by atoms with Crippen LogP contribution in [0.1, 0.15) is 51.1 Å². The Bertz CT molecular complexity index is 498. The minimum absolute atomic E-state index is 0.0672. The van der Waals surface area contributed by atoms with E-state index in [1.54, 1.807) is 7.11 Å². The fourth-order valence-corrected chi connectivity index (χ4v) is 3.70. The molecule has 1 unspecified atom stereocenters. The van der Waals surface area contributed by atoms with Crippen LogP contribution in [-0.2, 0) is 0 Å². The summed E-state index contributed by atoms with van der Waals surface area (Å²) < 4.78 is 11.7. The Morgan fingerprint density at radius 2 is 2.11 bits per heavy atom. The minimum atomic E-state index is -0.0672. The number of fused-ring (bicyclic) bond motifs is 1. The largest absolute Gasteiger partial charge is 0.497 e. The lowest BCUT2D eigenvalue weighted by molar-refractivity contribution is 0.0329. The van der Waals surface area contributed by atoms with Gasteiger partial charge in [-0.15, -0.1) is 0 Å². The second-order valence-electron chi connectivity index (χ2n) is 6.84. The highest BCUT2D eigenvalue weighted by atomic mass is 16.5. The van der Waals surface area contributed by atoms with E-state index in [2.05, 4.69) is 13.8 Å². The van der Waals surface area contributed by atoms with E-state index in [0.717, 1.165) is 36.3 Å². The Kier molecular flexibility index (Phi) is 2.79. The molecular formula is C16H23NO2. The van der Waals surface area contributed by atoms with Gasteiger partial charge in [-0.05, 0) is 30.7 Å². The third-order valence-corrected chi connectivity index (χ3v) is 4.60. The highest BCUT2D eigenvalue weighted by molar-refractivity contribution is 5.44. The van der Waals surface area contributed by atoms with Gasteiger partial charge in [-0.1, -0.05) is 19.9 Å². The van der Waals surface area contributed by atoms with E-state index in [-0.39, 0.29) is 11.6 Å². The monoisotopic (exact) mass is 261 g/mol. The molecule has 1 aromatic rings. The molecule has 3 nitrogen and oxygen atoms in total. The van der Waals surface area contributed by atoms with Crippen molar-refractivity contribution in [2.45, 2.75) is 51.2 Å². The van der Waals surface area contributed by atoms with Crippen molar-refractivity contribution in [3.63, 3.8) is 0 Å². The molecule has 2 N–H and O–H groups in total. The Morgan fingerprint density at radius 3 is 2.74 bits per heavy atom. The van der Waals surface area contributed by atoms with Gasteiger partial charge in [0.05, 0.1) is 7.11 Å². The summed E-state index contributed by atoms with van der Waals surface area (Å²) in [6.07, 6.45) is 4.32. The highest BCUT2D eigenvalue weighted by Gasteiger charge is 2.48. The highest BCUT2D eigenvalue weighted by Crippen LogP contribution is 2.52. The second-order valence-corrected chi connectivity index (χ2v) is 6.84. The van der Waals surface area contributed by atoms with Crippen LogP contribution in [-0.4, -0.2) is 12.7 Å². The molecule has 3 rings (SSSR count). The average Bonchev–Trinajstić information content (AvgIpc) is 2.63. The molecule has 2 atom stereocenters. The van der Waals surface area contributed by atoms with Crippen LogP contribution in [0, 0.1) is 5.41 Å². The van der Waals surface area contributed by atoms with Gasteiger partial charge in [0.25, 0.3) is 0 Å². The van der Waals surface area contributed by atoms with Crippen LogP contribution < -0.4 is 15.2 Å². The van der Waals surface area contributed by atoms with Gasteiger partial charge in [0.2, 0.25) is 0 Å². The quantitative estimate of drug-likeness (QED) is 0.842. The van der Waals surface area contributed by atoms with Crippen LogP contribution in [0.2, 0.25) is 0 Å². The summed E-state index contributed by atoms with van der Waals surface area (Å²) in [6, 6.07) is 6.04. The van der Waals surface area contributed by atoms with Crippen molar-refractivity contribution in [1.29, 1.82) is 0 Å². The van der Waals surface area contributed by atoms with Crippen molar-refractivity contribution >= 4 is 0 Å². The molecule has 104 valence electrons. The van der Waals surface area contributed by atoms with Crippen molar-refractivity contribution in [3.05, 3.63) is 23.8 Å². The predicted octanol–water partition coefficient (Wildman–Crippen LogP) is 3.43. The molecule has 1 aliphatic heterocycles. The first-order chi connectivity index (χ1) is 8.93.